The topological polar surface area (TPSA) is 92.5 Å². The molecule has 0 heterocycles. The third-order valence-corrected chi connectivity index (χ3v) is 3.32. The number of hydrogen-bond donors (Lipinski definition) is 2. The molecule has 0 radical (unpaired) electrons. The number of hydrogen-bond acceptors (Lipinski definition) is 4. The fraction of sp³-hybridized carbons (Fsp3) is 0.417. The molecule has 0 bridgehead atoms. The third-order valence-electron chi connectivity index (χ3n) is 3.01. The van der Waals surface area contributed by atoms with Gasteiger partial charge in [-0.3, -0.25) is 14.9 Å². The van der Waals surface area contributed by atoms with Crippen LogP contribution >= 0.6 is 11.6 Å². The molecule has 1 rings (SSSR count). The van der Waals surface area contributed by atoms with Gasteiger partial charge in [0.15, 0.2) is 0 Å². The first-order valence-corrected chi connectivity index (χ1v) is 6.05. The van der Waals surface area contributed by atoms with E-state index in [0.717, 1.165) is 0 Å². The molecule has 0 aliphatic rings. The summed E-state index contributed by atoms with van der Waals surface area (Å²) >= 11 is 5.82. The molecule has 0 aromatic heterocycles. The molecule has 19 heavy (non-hydrogen) atoms. The summed E-state index contributed by atoms with van der Waals surface area (Å²) < 4.78 is 0. The minimum atomic E-state index is -0.911. The number of halogens is 1. The van der Waals surface area contributed by atoms with E-state index in [1.807, 2.05) is 0 Å². The predicted octanol–water partition coefficient (Wildman–Crippen LogP) is 3.08. The highest BCUT2D eigenvalue weighted by atomic mass is 35.5. The number of aliphatic carboxylic acids is 1. The van der Waals surface area contributed by atoms with E-state index in [4.69, 9.17) is 16.7 Å². The summed E-state index contributed by atoms with van der Waals surface area (Å²) in [6, 6.07) is 2.48. The van der Waals surface area contributed by atoms with Crippen LogP contribution in [0.5, 0.6) is 0 Å². The Morgan fingerprint density at radius 1 is 1.47 bits per heavy atom. The SMILES string of the molecule is Cc1cc([N+](=O)[O-])c(Cl)cc1NC(C)C(C)C(=O)O. The maximum atomic E-state index is 10.9. The molecule has 1 aromatic carbocycles. The van der Waals surface area contributed by atoms with E-state index in [1.54, 1.807) is 20.8 Å². The summed E-state index contributed by atoms with van der Waals surface area (Å²) in [7, 11) is 0. The molecule has 0 aliphatic carbocycles. The average molecular weight is 287 g/mol. The smallest absolute Gasteiger partial charge is 0.308 e. The van der Waals surface area contributed by atoms with Gasteiger partial charge in [-0.2, -0.15) is 0 Å². The highest BCUT2D eigenvalue weighted by Crippen LogP contribution is 2.31. The molecule has 0 saturated carbocycles. The van der Waals surface area contributed by atoms with Crippen molar-refractivity contribution in [2.45, 2.75) is 26.8 Å². The van der Waals surface area contributed by atoms with Gasteiger partial charge in [-0.05, 0) is 32.4 Å². The summed E-state index contributed by atoms with van der Waals surface area (Å²) in [5.74, 6) is -1.50. The van der Waals surface area contributed by atoms with E-state index < -0.39 is 16.8 Å². The zero-order chi connectivity index (χ0) is 14.7. The lowest BCUT2D eigenvalue weighted by atomic mass is 10.0. The Balaban J connectivity index is 3.00. The van der Waals surface area contributed by atoms with Gasteiger partial charge in [0.2, 0.25) is 0 Å². The Labute approximate surface area is 115 Å². The summed E-state index contributed by atoms with van der Waals surface area (Å²) in [6.07, 6.45) is 0. The van der Waals surface area contributed by atoms with Crippen LogP contribution < -0.4 is 5.32 Å². The lowest BCUT2D eigenvalue weighted by Gasteiger charge is -2.20. The molecule has 0 spiro atoms. The minimum absolute atomic E-state index is 0.0216. The van der Waals surface area contributed by atoms with Crippen molar-refractivity contribution >= 4 is 28.9 Å². The van der Waals surface area contributed by atoms with E-state index in [2.05, 4.69) is 5.32 Å². The number of nitro benzene ring substituents is 1. The quantitative estimate of drug-likeness (QED) is 0.641. The van der Waals surface area contributed by atoms with Crippen molar-refractivity contribution in [1.82, 2.24) is 0 Å². The number of carboxylic acids is 1. The van der Waals surface area contributed by atoms with Gasteiger partial charge in [0.1, 0.15) is 5.02 Å². The molecule has 6 nitrogen and oxygen atoms in total. The van der Waals surface area contributed by atoms with Gasteiger partial charge in [-0.15, -0.1) is 0 Å². The standard InChI is InChI=1S/C12H15ClN2O4/c1-6-4-11(15(18)19)9(13)5-10(6)14-8(3)7(2)12(16)17/h4-5,7-8,14H,1-3H3,(H,16,17). The molecule has 2 unspecified atom stereocenters. The Kier molecular flexibility index (Phi) is 4.72. The summed E-state index contributed by atoms with van der Waals surface area (Å²) in [5.41, 5.74) is 1.07. The molecular weight excluding hydrogens is 272 g/mol. The van der Waals surface area contributed by atoms with Gasteiger partial charge in [0, 0.05) is 17.8 Å². The van der Waals surface area contributed by atoms with E-state index in [9.17, 15) is 14.9 Å². The number of nitrogens with zero attached hydrogens (tertiary/aromatic N) is 1. The zero-order valence-corrected chi connectivity index (χ0v) is 11.6. The van der Waals surface area contributed by atoms with Crippen molar-refractivity contribution in [3.63, 3.8) is 0 Å². The summed E-state index contributed by atoms with van der Waals surface area (Å²) in [4.78, 5) is 21.0. The second kappa shape index (κ2) is 5.88. The monoisotopic (exact) mass is 286 g/mol. The van der Waals surface area contributed by atoms with Gasteiger partial charge >= 0.3 is 5.97 Å². The number of carbonyl (C=O) groups is 1. The Morgan fingerprint density at radius 2 is 2.05 bits per heavy atom. The highest BCUT2D eigenvalue weighted by Gasteiger charge is 2.21. The van der Waals surface area contributed by atoms with Gasteiger partial charge < -0.3 is 10.4 Å². The first-order chi connectivity index (χ1) is 8.73. The Morgan fingerprint density at radius 3 is 2.53 bits per heavy atom. The van der Waals surface area contributed by atoms with Gasteiger partial charge in [-0.25, -0.2) is 0 Å². The fourth-order valence-corrected chi connectivity index (χ4v) is 1.78. The normalized spacial score (nSPS) is 13.7. The van der Waals surface area contributed by atoms with Crippen LogP contribution in [0.3, 0.4) is 0 Å². The summed E-state index contributed by atoms with van der Waals surface area (Å²) in [5, 5.41) is 22.7. The van der Waals surface area contributed by atoms with Crippen LogP contribution in [-0.2, 0) is 4.79 Å². The van der Waals surface area contributed by atoms with E-state index >= 15 is 0 Å². The van der Waals surface area contributed by atoms with Crippen molar-refractivity contribution in [1.29, 1.82) is 0 Å². The predicted molar refractivity (Wildman–Crippen MR) is 72.7 cm³/mol. The van der Waals surface area contributed by atoms with Gasteiger partial charge in [0.05, 0.1) is 10.8 Å². The average Bonchev–Trinajstić information content (AvgIpc) is 2.31. The first kappa shape index (κ1) is 15.2. The van der Waals surface area contributed by atoms with Crippen molar-refractivity contribution in [2.75, 3.05) is 5.32 Å². The lowest BCUT2D eigenvalue weighted by Crippen LogP contribution is -2.29. The third kappa shape index (κ3) is 3.57. The van der Waals surface area contributed by atoms with E-state index in [1.165, 1.54) is 12.1 Å². The largest absolute Gasteiger partial charge is 0.481 e. The Hall–Kier alpha value is -1.82. The molecule has 2 atom stereocenters. The number of aryl methyl sites for hydroxylation is 1. The molecule has 0 aliphatic heterocycles. The van der Waals surface area contributed by atoms with Crippen LogP contribution in [0.2, 0.25) is 5.02 Å². The van der Waals surface area contributed by atoms with E-state index in [-0.39, 0.29) is 16.8 Å². The van der Waals surface area contributed by atoms with Crippen LogP contribution in [0.25, 0.3) is 0 Å². The number of carboxylic acid groups (broad SMARTS) is 1. The van der Waals surface area contributed by atoms with Gasteiger partial charge in [0.25, 0.3) is 5.69 Å². The molecule has 1 aromatic rings. The van der Waals surface area contributed by atoms with Crippen LogP contribution in [0.4, 0.5) is 11.4 Å². The second-order valence-corrected chi connectivity index (χ2v) is 4.84. The molecule has 104 valence electrons. The maximum Gasteiger partial charge on any atom is 0.308 e. The van der Waals surface area contributed by atoms with Crippen molar-refractivity contribution < 1.29 is 14.8 Å². The lowest BCUT2D eigenvalue weighted by molar-refractivity contribution is -0.384. The van der Waals surface area contributed by atoms with E-state index in [0.29, 0.717) is 11.3 Å². The summed E-state index contributed by atoms with van der Waals surface area (Å²) in [6.45, 7) is 5.01. The first-order valence-electron chi connectivity index (χ1n) is 5.68. The van der Waals surface area contributed by atoms with Crippen molar-refractivity contribution in [3.05, 3.63) is 32.8 Å². The van der Waals surface area contributed by atoms with Crippen LogP contribution in [0.15, 0.2) is 12.1 Å². The van der Waals surface area contributed by atoms with Crippen LogP contribution in [0, 0.1) is 23.0 Å². The highest BCUT2D eigenvalue weighted by molar-refractivity contribution is 6.33. The number of nitrogens with one attached hydrogen (secondary N) is 1. The zero-order valence-electron chi connectivity index (χ0n) is 10.8. The van der Waals surface area contributed by atoms with Crippen LogP contribution in [0.1, 0.15) is 19.4 Å². The van der Waals surface area contributed by atoms with Gasteiger partial charge in [-0.1, -0.05) is 11.6 Å². The number of benzene rings is 1. The molecule has 0 amide bonds. The molecule has 2 N–H and O–H groups in total. The molecule has 0 saturated heterocycles. The maximum absolute atomic E-state index is 10.9. The number of nitro groups is 1. The van der Waals surface area contributed by atoms with Crippen molar-refractivity contribution in [2.24, 2.45) is 5.92 Å². The van der Waals surface area contributed by atoms with Crippen LogP contribution in [-0.4, -0.2) is 22.0 Å². The number of anilines is 1. The minimum Gasteiger partial charge on any atom is -0.481 e. The molecule has 0 fully saturated rings. The van der Waals surface area contributed by atoms with Crippen molar-refractivity contribution in [3.8, 4) is 0 Å². The number of rotatable bonds is 5. The fourth-order valence-electron chi connectivity index (χ4n) is 1.55. The molecule has 7 heteroatoms. The second-order valence-electron chi connectivity index (χ2n) is 4.44. The molecular formula is C12H15ClN2O4. The Bertz CT molecular complexity index is 519.